The number of hydrogen-bond donors (Lipinski definition) is 3. The number of amides is 1. The van der Waals surface area contributed by atoms with Crippen molar-refractivity contribution < 1.29 is 23.1 Å². The first kappa shape index (κ1) is 14.5. The number of piperidine rings is 1. The Kier molecular flexibility index (Phi) is 4.33. The number of nitrogens with one attached hydrogen (secondary N) is 1. The average molecular weight is 265 g/mol. The smallest absolute Gasteiger partial charge is 0.404 e. The van der Waals surface area contributed by atoms with Crippen molar-refractivity contribution in [1.29, 1.82) is 5.41 Å². The number of nitrogens with two attached hydrogens (primary N) is 1. The van der Waals surface area contributed by atoms with E-state index in [1.165, 1.54) is 0 Å². The van der Waals surface area contributed by atoms with Gasteiger partial charge in [0.2, 0.25) is 0 Å². The van der Waals surface area contributed by atoms with E-state index in [2.05, 4.69) is 0 Å². The molecule has 1 heterocycles. The number of rotatable bonds is 2. The summed E-state index contributed by atoms with van der Waals surface area (Å²) in [5, 5.41) is 16.2. The Morgan fingerprint density at radius 3 is 2.28 bits per heavy atom. The molecule has 0 unspecified atom stereocenters. The lowest BCUT2D eigenvalue weighted by atomic mass is 10.0. The maximum Gasteiger partial charge on any atom is 0.433 e. The topological polar surface area (TPSA) is 90.4 Å². The van der Waals surface area contributed by atoms with Crippen LogP contribution in [0.3, 0.4) is 0 Å². The standard InChI is InChI=1S/C10H14F3N3O2/c11-10(12,13)8(15)7(5-14)9(18)16-3-1-6(17)2-4-16/h5-6,15,17H,1-4,14H2/b7-5+,15-8?. The van der Waals surface area contributed by atoms with Crippen molar-refractivity contribution in [2.75, 3.05) is 13.1 Å². The van der Waals surface area contributed by atoms with E-state index in [1.807, 2.05) is 0 Å². The van der Waals surface area contributed by atoms with Gasteiger partial charge in [0.05, 0.1) is 11.7 Å². The minimum absolute atomic E-state index is 0.155. The van der Waals surface area contributed by atoms with Crippen LogP contribution in [0.2, 0.25) is 0 Å². The summed E-state index contributed by atoms with van der Waals surface area (Å²) < 4.78 is 37.0. The number of carbonyl (C=O) groups excluding carboxylic acids is 1. The lowest BCUT2D eigenvalue weighted by Gasteiger charge is -2.30. The van der Waals surface area contributed by atoms with Gasteiger partial charge >= 0.3 is 6.18 Å². The van der Waals surface area contributed by atoms with Crippen molar-refractivity contribution in [2.45, 2.75) is 25.1 Å². The molecule has 5 nitrogen and oxygen atoms in total. The summed E-state index contributed by atoms with van der Waals surface area (Å²) >= 11 is 0. The summed E-state index contributed by atoms with van der Waals surface area (Å²) in [6.07, 6.45) is -4.33. The Hall–Kier alpha value is -1.57. The molecule has 0 radical (unpaired) electrons. The van der Waals surface area contributed by atoms with Gasteiger partial charge in [-0.15, -0.1) is 0 Å². The van der Waals surface area contributed by atoms with Gasteiger partial charge in [0.1, 0.15) is 5.71 Å². The van der Waals surface area contributed by atoms with Crippen LogP contribution >= 0.6 is 0 Å². The first-order valence-electron chi connectivity index (χ1n) is 5.32. The maximum absolute atomic E-state index is 12.3. The lowest BCUT2D eigenvalue weighted by molar-refractivity contribution is -0.129. The third kappa shape index (κ3) is 3.22. The molecule has 0 aromatic heterocycles. The highest BCUT2D eigenvalue weighted by atomic mass is 19.4. The number of likely N-dealkylation sites (tertiary alicyclic amines) is 1. The fraction of sp³-hybridized carbons (Fsp3) is 0.600. The quantitative estimate of drug-likeness (QED) is 0.498. The van der Waals surface area contributed by atoms with Gasteiger partial charge in [-0.3, -0.25) is 10.2 Å². The Labute approximate surface area is 102 Å². The van der Waals surface area contributed by atoms with Gasteiger partial charge in [-0.1, -0.05) is 0 Å². The number of alkyl halides is 3. The minimum Gasteiger partial charge on any atom is -0.404 e. The second-order valence-corrected chi connectivity index (χ2v) is 3.98. The van der Waals surface area contributed by atoms with Crippen molar-refractivity contribution in [3.05, 3.63) is 11.8 Å². The van der Waals surface area contributed by atoms with Crippen molar-refractivity contribution in [3.8, 4) is 0 Å². The Balaban J connectivity index is 2.79. The van der Waals surface area contributed by atoms with Crippen LogP contribution in [0.5, 0.6) is 0 Å². The fourth-order valence-corrected chi connectivity index (χ4v) is 1.65. The molecule has 1 aliphatic rings. The fourth-order valence-electron chi connectivity index (χ4n) is 1.65. The molecule has 1 aliphatic heterocycles. The molecule has 4 N–H and O–H groups in total. The van der Waals surface area contributed by atoms with Gasteiger partial charge in [0.15, 0.2) is 0 Å². The Morgan fingerprint density at radius 2 is 1.89 bits per heavy atom. The molecule has 1 fully saturated rings. The van der Waals surface area contributed by atoms with Crippen LogP contribution in [0, 0.1) is 5.41 Å². The van der Waals surface area contributed by atoms with E-state index in [1.54, 1.807) is 0 Å². The summed E-state index contributed by atoms with van der Waals surface area (Å²) in [5.41, 5.74) is 2.39. The van der Waals surface area contributed by atoms with Crippen molar-refractivity contribution >= 4 is 11.6 Å². The molecule has 1 rings (SSSR count). The van der Waals surface area contributed by atoms with Crippen molar-refractivity contribution in [2.24, 2.45) is 5.73 Å². The number of aliphatic hydroxyl groups is 1. The van der Waals surface area contributed by atoms with Crippen LogP contribution in [0.25, 0.3) is 0 Å². The first-order chi connectivity index (χ1) is 8.27. The largest absolute Gasteiger partial charge is 0.433 e. The molecule has 0 atom stereocenters. The maximum atomic E-state index is 12.3. The van der Waals surface area contributed by atoms with Gasteiger partial charge in [-0.05, 0) is 12.8 Å². The molecule has 0 bridgehead atoms. The van der Waals surface area contributed by atoms with Gasteiger partial charge in [-0.2, -0.15) is 13.2 Å². The minimum atomic E-state index is -4.91. The number of carbonyl (C=O) groups is 1. The van der Waals surface area contributed by atoms with Crippen LogP contribution < -0.4 is 5.73 Å². The molecule has 0 aromatic carbocycles. The highest BCUT2D eigenvalue weighted by molar-refractivity contribution is 6.22. The van der Waals surface area contributed by atoms with E-state index in [0.29, 0.717) is 19.0 Å². The number of nitrogens with zero attached hydrogens (tertiary/aromatic N) is 1. The predicted molar refractivity (Wildman–Crippen MR) is 57.9 cm³/mol. The van der Waals surface area contributed by atoms with E-state index in [-0.39, 0.29) is 13.1 Å². The first-order valence-corrected chi connectivity index (χ1v) is 5.32. The number of hydrogen-bond acceptors (Lipinski definition) is 4. The zero-order chi connectivity index (χ0) is 13.9. The van der Waals surface area contributed by atoms with Gasteiger partial charge in [-0.25, -0.2) is 0 Å². The summed E-state index contributed by atoms with van der Waals surface area (Å²) in [7, 11) is 0. The van der Waals surface area contributed by atoms with E-state index in [4.69, 9.17) is 11.1 Å². The van der Waals surface area contributed by atoms with E-state index >= 15 is 0 Å². The molecule has 0 aromatic rings. The van der Waals surface area contributed by atoms with Crippen molar-refractivity contribution in [3.63, 3.8) is 0 Å². The Morgan fingerprint density at radius 1 is 1.39 bits per heavy atom. The highest BCUT2D eigenvalue weighted by Crippen LogP contribution is 2.23. The second kappa shape index (κ2) is 5.38. The van der Waals surface area contributed by atoms with Gasteiger partial charge in [0.25, 0.3) is 5.91 Å². The number of halogens is 3. The molecule has 0 spiro atoms. The summed E-state index contributed by atoms with van der Waals surface area (Å²) in [5.74, 6) is -0.924. The Bertz CT molecular complexity index is 371. The molecule has 102 valence electrons. The molecule has 0 aliphatic carbocycles. The normalized spacial score (nSPS) is 18.9. The van der Waals surface area contributed by atoms with Gasteiger partial charge in [0, 0.05) is 19.3 Å². The molecule has 8 heteroatoms. The zero-order valence-corrected chi connectivity index (χ0v) is 9.50. The van der Waals surface area contributed by atoms with E-state index in [9.17, 15) is 23.1 Å². The predicted octanol–water partition coefficient (Wildman–Crippen LogP) is 0.394. The summed E-state index contributed by atoms with van der Waals surface area (Å²) in [4.78, 5) is 12.9. The average Bonchev–Trinajstić information content (AvgIpc) is 2.29. The third-order valence-electron chi connectivity index (χ3n) is 2.70. The monoisotopic (exact) mass is 265 g/mol. The van der Waals surface area contributed by atoms with Crippen LogP contribution in [0.15, 0.2) is 11.8 Å². The van der Waals surface area contributed by atoms with E-state index < -0.39 is 29.5 Å². The molecule has 1 amide bonds. The van der Waals surface area contributed by atoms with Crippen LogP contribution in [-0.2, 0) is 4.79 Å². The lowest BCUT2D eigenvalue weighted by Crippen LogP contribution is -2.43. The second-order valence-electron chi connectivity index (χ2n) is 3.98. The summed E-state index contributed by atoms with van der Waals surface area (Å²) in [6, 6.07) is 0. The molecular weight excluding hydrogens is 251 g/mol. The highest BCUT2D eigenvalue weighted by Gasteiger charge is 2.40. The molecule has 1 saturated heterocycles. The van der Waals surface area contributed by atoms with Crippen LogP contribution in [0.4, 0.5) is 13.2 Å². The number of aliphatic hydroxyl groups excluding tert-OH is 1. The molecule has 0 saturated carbocycles. The van der Waals surface area contributed by atoms with E-state index in [0.717, 1.165) is 4.90 Å². The van der Waals surface area contributed by atoms with Crippen molar-refractivity contribution in [1.82, 2.24) is 4.90 Å². The third-order valence-corrected chi connectivity index (χ3v) is 2.70. The molecule has 18 heavy (non-hydrogen) atoms. The molecular formula is C10H14F3N3O2. The zero-order valence-electron chi connectivity index (χ0n) is 9.50. The van der Waals surface area contributed by atoms with Gasteiger partial charge < -0.3 is 15.7 Å². The SMILES string of the molecule is N=C(/C(=C\N)C(=O)N1CCC(O)CC1)C(F)(F)F. The van der Waals surface area contributed by atoms with Crippen LogP contribution in [0.1, 0.15) is 12.8 Å². The van der Waals surface area contributed by atoms with Crippen LogP contribution in [-0.4, -0.2) is 47.0 Å². The summed E-state index contributed by atoms with van der Waals surface area (Å²) in [6.45, 7) is 0.310.